The number of carboxylic acids is 1. The van der Waals surface area contributed by atoms with Gasteiger partial charge in [0.2, 0.25) is 0 Å². The lowest BCUT2D eigenvalue weighted by molar-refractivity contribution is -0.146. The van der Waals surface area contributed by atoms with Crippen molar-refractivity contribution in [2.75, 3.05) is 5.43 Å². The van der Waals surface area contributed by atoms with Crippen molar-refractivity contribution in [3.05, 3.63) is 29.8 Å². The molecule has 0 amide bonds. The molecule has 1 atom stereocenters. The number of rotatable bonds is 3. The van der Waals surface area contributed by atoms with E-state index in [0.29, 0.717) is 5.69 Å². The predicted octanol–water partition coefficient (Wildman–Crippen LogP) is 0.0902. The third kappa shape index (κ3) is 1.95. The highest BCUT2D eigenvalue weighted by Gasteiger charge is 2.18. The molecule has 0 aliphatic rings. The van der Waals surface area contributed by atoms with Crippen LogP contribution in [-0.4, -0.2) is 16.2 Å². The van der Waals surface area contributed by atoms with E-state index in [2.05, 4.69) is 5.43 Å². The van der Waals surface area contributed by atoms with Crippen LogP contribution >= 0.6 is 0 Å². The number of nitrogens with one attached hydrogen (secondary N) is 1. The molecule has 0 bridgehead atoms. The lowest BCUT2D eigenvalue weighted by atomic mass is 10.1. The van der Waals surface area contributed by atoms with Gasteiger partial charge in [-0.2, -0.15) is 0 Å². The summed E-state index contributed by atoms with van der Waals surface area (Å²) < 4.78 is 0. The molecule has 0 spiro atoms. The Labute approximate surface area is 74.8 Å². The zero-order valence-corrected chi connectivity index (χ0v) is 6.77. The molecule has 5 heteroatoms. The number of hydrazine groups is 1. The number of carbonyl (C=O) groups is 1. The number of benzene rings is 1. The lowest BCUT2D eigenvalue weighted by Crippen LogP contribution is -2.15. The molecule has 5 N–H and O–H groups in total. The maximum atomic E-state index is 10.4. The molecule has 0 aliphatic heterocycles. The highest BCUT2D eigenvalue weighted by Crippen LogP contribution is 2.21. The average Bonchev–Trinajstić information content (AvgIpc) is 2.16. The number of hydrogen-bond donors (Lipinski definition) is 4. The summed E-state index contributed by atoms with van der Waals surface area (Å²) in [6, 6.07) is 6.39. The van der Waals surface area contributed by atoms with Gasteiger partial charge in [-0.15, -0.1) is 0 Å². The van der Waals surface area contributed by atoms with E-state index in [1.807, 2.05) is 0 Å². The number of aliphatic carboxylic acids is 1. The van der Waals surface area contributed by atoms with E-state index in [0.717, 1.165) is 0 Å². The molecule has 1 aromatic rings. The number of aliphatic hydroxyl groups is 1. The second-order valence-corrected chi connectivity index (χ2v) is 2.47. The van der Waals surface area contributed by atoms with Crippen LogP contribution in [-0.2, 0) is 4.79 Å². The summed E-state index contributed by atoms with van der Waals surface area (Å²) in [5, 5.41) is 17.8. The Morgan fingerprint density at radius 3 is 2.62 bits per heavy atom. The van der Waals surface area contributed by atoms with E-state index in [-0.39, 0.29) is 5.56 Å². The Kier molecular flexibility index (Phi) is 2.84. The number of anilines is 1. The highest BCUT2D eigenvalue weighted by molar-refractivity contribution is 5.76. The van der Waals surface area contributed by atoms with Gasteiger partial charge in [-0.25, -0.2) is 4.79 Å². The number of nitrogens with two attached hydrogens (primary N) is 1. The third-order valence-corrected chi connectivity index (χ3v) is 1.64. The number of para-hydroxylation sites is 1. The van der Waals surface area contributed by atoms with Crippen LogP contribution in [0.1, 0.15) is 11.7 Å². The summed E-state index contributed by atoms with van der Waals surface area (Å²) in [6.45, 7) is 0. The Hall–Kier alpha value is -1.59. The number of aliphatic hydroxyl groups excluding tert-OH is 1. The molecular weight excluding hydrogens is 172 g/mol. The predicted molar refractivity (Wildman–Crippen MR) is 46.8 cm³/mol. The molecule has 0 radical (unpaired) electrons. The van der Waals surface area contributed by atoms with Crippen molar-refractivity contribution in [1.29, 1.82) is 0 Å². The first-order valence-electron chi connectivity index (χ1n) is 3.63. The molecule has 0 aromatic heterocycles. The average molecular weight is 182 g/mol. The van der Waals surface area contributed by atoms with E-state index < -0.39 is 12.1 Å². The van der Waals surface area contributed by atoms with E-state index in [4.69, 9.17) is 10.9 Å². The van der Waals surface area contributed by atoms with Gasteiger partial charge in [0.15, 0.2) is 6.10 Å². The van der Waals surface area contributed by atoms with Gasteiger partial charge in [-0.1, -0.05) is 18.2 Å². The van der Waals surface area contributed by atoms with Crippen LogP contribution in [0.5, 0.6) is 0 Å². The monoisotopic (exact) mass is 182 g/mol. The summed E-state index contributed by atoms with van der Waals surface area (Å²) in [5.41, 5.74) is 2.96. The minimum atomic E-state index is -1.55. The van der Waals surface area contributed by atoms with Gasteiger partial charge in [-0.3, -0.25) is 5.84 Å². The highest BCUT2D eigenvalue weighted by atomic mass is 16.4. The first-order chi connectivity index (χ1) is 6.16. The van der Waals surface area contributed by atoms with Gasteiger partial charge in [0.25, 0.3) is 0 Å². The Balaban J connectivity index is 3.05. The van der Waals surface area contributed by atoms with Gasteiger partial charge in [0.05, 0.1) is 5.69 Å². The molecular formula is C8H10N2O3. The van der Waals surface area contributed by atoms with E-state index in [1.165, 1.54) is 6.07 Å². The normalized spacial score (nSPS) is 12.2. The maximum absolute atomic E-state index is 10.4. The molecule has 0 fully saturated rings. The standard InChI is InChI=1S/C8H10N2O3/c9-10-6-4-2-1-3-5(6)7(11)8(12)13/h1-4,7,10-11H,9H2,(H,12,13). The van der Waals surface area contributed by atoms with E-state index in [1.54, 1.807) is 18.2 Å². The van der Waals surface area contributed by atoms with Crippen molar-refractivity contribution in [2.45, 2.75) is 6.10 Å². The summed E-state index contributed by atoms with van der Waals surface area (Å²) in [5.74, 6) is 3.83. The van der Waals surface area contributed by atoms with Crippen LogP contribution in [0.15, 0.2) is 24.3 Å². The molecule has 70 valence electrons. The van der Waals surface area contributed by atoms with Gasteiger partial charge in [0.1, 0.15) is 0 Å². The summed E-state index contributed by atoms with van der Waals surface area (Å²) in [7, 11) is 0. The molecule has 0 aliphatic carbocycles. The van der Waals surface area contributed by atoms with Crippen molar-refractivity contribution >= 4 is 11.7 Å². The smallest absolute Gasteiger partial charge is 0.337 e. The van der Waals surface area contributed by atoms with Crippen LogP contribution in [0.3, 0.4) is 0 Å². The minimum absolute atomic E-state index is 0.248. The maximum Gasteiger partial charge on any atom is 0.337 e. The van der Waals surface area contributed by atoms with Crippen molar-refractivity contribution < 1.29 is 15.0 Å². The van der Waals surface area contributed by atoms with Crippen molar-refractivity contribution in [3.8, 4) is 0 Å². The van der Waals surface area contributed by atoms with Crippen LogP contribution in [0, 0.1) is 0 Å². The van der Waals surface area contributed by atoms with Gasteiger partial charge < -0.3 is 15.6 Å². The van der Waals surface area contributed by atoms with Crippen molar-refractivity contribution in [2.24, 2.45) is 5.84 Å². The second kappa shape index (κ2) is 3.88. The fourth-order valence-corrected chi connectivity index (χ4v) is 1.000. The summed E-state index contributed by atoms with van der Waals surface area (Å²) >= 11 is 0. The number of nitrogen functional groups attached to an aromatic ring is 1. The van der Waals surface area contributed by atoms with Gasteiger partial charge in [-0.05, 0) is 6.07 Å². The molecule has 1 unspecified atom stereocenters. The number of hydrogen-bond acceptors (Lipinski definition) is 4. The topological polar surface area (TPSA) is 95.6 Å². The fraction of sp³-hybridized carbons (Fsp3) is 0.125. The van der Waals surface area contributed by atoms with Crippen LogP contribution in [0.2, 0.25) is 0 Å². The van der Waals surface area contributed by atoms with Gasteiger partial charge >= 0.3 is 5.97 Å². The molecule has 0 saturated carbocycles. The Morgan fingerprint density at radius 1 is 1.46 bits per heavy atom. The van der Waals surface area contributed by atoms with Crippen molar-refractivity contribution in [3.63, 3.8) is 0 Å². The Bertz CT molecular complexity index is 314. The molecule has 1 aromatic carbocycles. The van der Waals surface area contributed by atoms with Crippen LogP contribution in [0.4, 0.5) is 5.69 Å². The van der Waals surface area contributed by atoms with Crippen LogP contribution < -0.4 is 11.3 Å². The quantitative estimate of drug-likeness (QED) is 0.392. The minimum Gasteiger partial charge on any atom is -0.479 e. The van der Waals surface area contributed by atoms with E-state index >= 15 is 0 Å². The lowest BCUT2D eigenvalue weighted by Gasteiger charge is -2.10. The number of carboxylic acid groups (broad SMARTS) is 1. The largest absolute Gasteiger partial charge is 0.479 e. The van der Waals surface area contributed by atoms with E-state index in [9.17, 15) is 9.90 Å². The van der Waals surface area contributed by atoms with Crippen LogP contribution in [0.25, 0.3) is 0 Å². The third-order valence-electron chi connectivity index (χ3n) is 1.64. The molecule has 13 heavy (non-hydrogen) atoms. The summed E-state index contributed by atoms with van der Waals surface area (Å²) in [6.07, 6.45) is -1.55. The zero-order chi connectivity index (χ0) is 9.84. The first-order valence-corrected chi connectivity index (χ1v) is 3.63. The molecule has 0 heterocycles. The first kappa shape index (κ1) is 9.50. The zero-order valence-electron chi connectivity index (χ0n) is 6.77. The molecule has 0 saturated heterocycles. The molecule has 5 nitrogen and oxygen atoms in total. The SMILES string of the molecule is NNc1ccccc1C(O)C(=O)O. The summed E-state index contributed by atoms with van der Waals surface area (Å²) in [4.78, 5) is 10.4. The van der Waals surface area contributed by atoms with Gasteiger partial charge in [0, 0.05) is 5.56 Å². The molecule has 1 rings (SSSR count). The fourth-order valence-electron chi connectivity index (χ4n) is 1.000. The second-order valence-electron chi connectivity index (χ2n) is 2.47. The van der Waals surface area contributed by atoms with Crippen molar-refractivity contribution in [1.82, 2.24) is 0 Å². The Morgan fingerprint density at radius 2 is 2.08 bits per heavy atom.